The Morgan fingerprint density at radius 2 is 1.91 bits per heavy atom. The summed E-state index contributed by atoms with van der Waals surface area (Å²) in [6, 6.07) is 13.7. The molecule has 0 unspecified atom stereocenters. The number of nitrogens with zero attached hydrogens (tertiary/aromatic N) is 2. The Morgan fingerprint density at radius 1 is 1.14 bits per heavy atom. The van der Waals surface area contributed by atoms with Crippen LogP contribution in [-0.2, 0) is 11.0 Å². The van der Waals surface area contributed by atoms with E-state index in [1.54, 1.807) is 24.3 Å². The number of carbonyl (C=O) groups is 1. The Balaban J connectivity index is 1.53. The molecule has 1 aromatic heterocycles. The zero-order valence-electron chi connectivity index (χ0n) is 18.8. The van der Waals surface area contributed by atoms with E-state index in [0.29, 0.717) is 35.7 Å². The molecule has 3 aromatic rings. The second-order valence-electron chi connectivity index (χ2n) is 7.86. The van der Waals surface area contributed by atoms with Gasteiger partial charge in [0.25, 0.3) is 0 Å². The number of hydrogen-bond acceptors (Lipinski definition) is 5. The Morgan fingerprint density at radius 3 is 2.63 bits per heavy atom. The third kappa shape index (κ3) is 6.85. The second kappa shape index (κ2) is 11.1. The van der Waals surface area contributed by atoms with Crippen molar-refractivity contribution >= 4 is 11.6 Å². The number of benzene rings is 2. The minimum Gasteiger partial charge on any atom is -0.490 e. The third-order valence-electron chi connectivity index (χ3n) is 5.35. The fourth-order valence-electron chi connectivity index (χ4n) is 3.54. The quantitative estimate of drug-likeness (QED) is 0.469. The lowest BCUT2D eigenvalue weighted by molar-refractivity contribution is -0.140. The molecular formula is C25H24F3N5O2. The van der Waals surface area contributed by atoms with Gasteiger partial charge < -0.3 is 20.4 Å². The minimum atomic E-state index is -4.54. The minimum absolute atomic E-state index is 0.0237. The number of anilines is 1. The fraction of sp³-hybridized carbons (Fsp3) is 0.280. The molecule has 35 heavy (non-hydrogen) atoms. The molecule has 0 bridgehead atoms. The van der Waals surface area contributed by atoms with Crippen molar-refractivity contribution in [1.82, 2.24) is 20.2 Å². The van der Waals surface area contributed by atoms with Crippen LogP contribution in [0.5, 0.6) is 5.75 Å². The standard InChI is InChI=1S/C25H24F3N5O2/c26-25(27,28)22-17-30-24(32-22)19-7-8-21(35-15-14-33-12-10-29-11-13-33)20(16-19)31-23(34)9-6-18-4-2-1-3-5-18/h1-5,7-8,16-17,29H,10-15H2,(H,30,32)(H,31,34). The van der Waals surface area contributed by atoms with Gasteiger partial charge in [-0.15, -0.1) is 0 Å². The lowest BCUT2D eigenvalue weighted by Gasteiger charge is -2.27. The van der Waals surface area contributed by atoms with E-state index >= 15 is 0 Å². The number of halogens is 3. The summed E-state index contributed by atoms with van der Waals surface area (Å²) >= 11 is 0. The van der Waals surface area contributed by atoms with Crippen LogP contribution in [0.4, 0.5) is 18.9 Å². The molecule has 1 aliphatic rings. The van der Waals surface area contributed by atoms with Gasteiger partial charge in [0.1, 0.15) is 23.9 Å². The predicted octanol–water partition coefficient (Wildman–Crippen LogP) is 3.37. The normalized spacial score (nSPS) is 14.1. The molecule has 0 saturated carbocycles. The molecule has 0 atom stereocenters. The summed E-state index contributed by atoms with van der Waals surface area (Å²) in [7, 11) is 0. The molecule has 1 amide bonds. The highest BCUT2D eigenvalue weighted by Crippen LogP contribution is 2.32. The van der Waals surface area contributed by atoms with Gasteiger partial charge >= 0.3 is 12.1 Å². The lowest BCUT2D eigenvalue weighted by atomic mass is 10.1. The predicted molar refractivity (Wildman–Crippen MR) is 126 cm³/mol. The van der Waals surface area contributed by atoms with Crippen LogP contribution in [0.25, 0.3) is 11.4 Å². The molecule has 1 fully saturated rings. The van der Waals surface area contributed by atoms with Crippen LogP contribution in [-0.4, -0.2) is 60.1 Å². The van der Waals surface area contributed by atoms with Crippen LogP contribution < -0.4 is 15.4 Å². The van der Waals surface area contributed by atoms with E-state index < -0.39 is 17.8 Å². The maximum Gasteiger partial charge on any atom is 0.432 e. The third-order valence-corrected chi connectivity index (χ3v) is 5.35. The summed E-state index contributed by atoms with van der Waals surface area (Å²) in [5, 5.41) is 5.98. The van der Waals surface area contributed by atoms with E-state index in [9.17, 15) is 18.0 Å². The number of nitrogens with one attached hydrogen (secondary N) is 3. The lowest BCUT2D eigenvalue weighted by Crippen LogP contribution is -2.44. The van der Waals surface area contributed by atoms with Crippen molar-refractivity contribution in [2.24, 2.45) is 0 Å². The van der Waals surface area contributed by atoms with Gasteiger partial charge in [0.2, 0.25) is 0 Å². The maximum atomic E-state index is 13.0. The number of carbonyl (C=O) groups excluding carboxylic acids is 1. The average Bonchev–Trinajstić information content (AvgIpc) is 3.36. The van der Waals surface area contributed by atoms with Crippen molar-refractivity contribution in [3.8, 4) is 29.0 Å². The number of amides is 1. The smallest absolute Gasteiger partial charge is 0.432 e. The molecule has 2 aromatic carbocycles. The number of H-pyrrole nitrogens is 1. The van der Waals surface area contributed by atoms with Crippen LogP contribution in [0.1, 0.15) is 11.3 Å². The van der Waals surface area contributed by atoms with E-state index in [2.05, 4.69) is 37.3 Å². The van der Waals surface area contributed by atoms with Crippen molar-refractivity contribution < 1.29 is 22.7 Å². The van der Waals surface area contributed by atoms with E-state index in [-0.39, 0.29) is 5.82 Å². The number of hydrogen-bond donors (Lipinski definition) is 3. The van der Waals surface area contributed by atoms with Crippen molar-refractivity contribution in [1.29, 1.82) is 0 Å². The molecule has 10 heteroatoms. The number of rotatable bonds is 6. The van der Waals surface area contributed by atoms with E-state index in [1.807, 2.05) is 18.2 Å². The number of imidazole rings is 1. The summed E-state index contributed by atoms with van der Waals surface area (Å²) in [6.07, 6.45) is -3.81. The molecular weight excluding hydrogens is 459 g/mol. The van der Waals surface area contributed by atoms with Gasteiger partial charge in [0, 0.05) is 49.8 Å². The summed E-state index contributed by atoms with van der Waals surface area (Å²) in [6.45, 7) is 4.76. The van der Waals surface area contributed by atoms with E-state index in [4.69, 9.17) is 4.74 Å². The number of alkyl halides is 3. The molecule has 1 aliphatic heterocycles. The topological polar surface area (TPSA) is 82.3 Å². The monoisotopic (exact) mass is 483 g/mol. The van der Waals surface area contributed by atoms with Crippen molar-refractivity contribution in [2.75, 3.05) is 44.6 Å². The highest BCUT2D eigenvalue weighted by molar-refractivity contribution is 6.05. The Bertz CT molecular complexity index is 1210. The van der Waals surface area contributed by atoms with Gasteiger partial charge in [0.15, 0.2) is 0 Å². The number of ether oxygens (including phenoxy) is 1. The molecule has 0 aliphatic carbocycles. The summed E-state index contributed by atoms with van der Waals surface area (Å²) in [5.41, 5.74) is 0.378. The van der Waals surface area contributed by atoms with Crippen molar-refractivity contribution in [3.63, 3.8) is 0 Å². The van der Waals surface area contributed by atoms with Crippen LogP contribution in [0.3, 0.4) is 0 Å². The first-order valence-corrected chi connectivity index (χ1v) is 11.1. The molecule has 0 radical (unpaired) electrons. The van der Waals surface area contributed by atoms with Crippen LogP contribution in [0.2, 0.25) is 0 Å². The SMILES string of the molecule is O=C(C#Cc1ccccc1)Nc1cc(-c2ncc(C(F)(F)F)[nH]2)ccc1OCCN1CCNCC1. The molecule has 7 nitrogen and oxygen atoms in total. The van der Waals surface area contributed by atoms with Gasteiger partial charge in [-0.2, -0.15) is 13.2 Å². The molecule has 182 valence electrons. The molecule has 2 heterocycles. The zero-order chi connectivity index (χ0) is 24.7. The van der Waals surface area contributed by atoms with E-state index in [0.717, 1.165) is 32.4 Å². The highest BCUT2D eigenvalue weighted by Gasteiger charge is 2.33. The maximum absolute atomic E-state index is 13.0. The molecule has 1 saturated heterocycles. The van der Waals surface area contributed by atoms with Crippen molar-refractivity contribution in [2.45, 2.75) is 6.18 Å². The number of piperazine rings is 1. The second-order valence-corrected chi connectivity index (χ2v) is 7.86. The van der Waals surface area contributed by atoms with Gasteiger partial charge in [-0.3, -0.25) is 9.69 Å². The Hall–Kier alpha value is -3.81. The zero-order valence-corrected chi connectivity index (χ0v) is 18.8. The van der Waals surface area contributed by atoms with Gasteiger partial charge in [0.05, 0.1) is 11.9 Å². The number of aromatic amines is 1. The van der Waals surface area contributed by atoms with Gasteiger partial charge in [-0.05, 0) is 30.3 Å². The van der Waals surface area contributed by atoms with Crippen LogP contribution in [0.15, 0.2) is 54.7 Å². The van der Waals surface area contributed by atoms with Crippen molar-refractivity contribution in [3.05, 3.63) is 66.0 Å². The Labute approximate surface area is 200 Å². The summed E-state index contributed by atoms with van der Waals surface area (Å²) < 4.78 is 44.9. The van der Waals surface area contributed by atoms with E-state index in [1.165, 1.54) is 6.07 Å². The summed E-state index contributed by atoms with van der Waals surface area (Å²) in [4.78, 5) is 20.9. The largest absolute Gasteiger partial charge is 0.490 e. The summed E-state index contributed by atoms with van der Waals surface area (Å²) in [5.74, 6) is 5.14. The first-order chi connectivity index (χ1) is 16.9. The van der Waals surface area contributed by atoms with Crippen LogP contribution in [0, 0.1) is 11.8 Å². The molecule has 4 rings (SSSR count). The molecule has 3 N–H and O–H groups in total. The van der Waals surface area contributed by atoms with Crippen LogP contribution >= 0.6 is 0 Å². The van der Waals surface area contributed by atoms with Gasteiger partial charge in [-0.25, -0.2) is 4.98 Å². The average molecular weight is 483 g/mol. The van der Waals surface area contributed by atoms with Gasteiger partial charge in [-0.1, -0.05) is 24.1 Å². The Kier molecular flexibility index (Phi) is 7.70. The fourth-order valence-corrected chi connectivity index (χ4v) is 3.54. The number of aromatic nitrogens is 2. The first-order valence-electron chi connectivity index (χ1n) is 11.1. The first kappa shape index (κ1) is 24.3. The molecule has 0 spiro atoms. The highest BCUT2D eigenvalue weighted by atomic mass is 19.4.